The quantitative estimate of drug-likeness (QED) is 0.244. The Hall–Kier alpha value is -2.61. The van der Waals surface area contributed by atoms with Crippen molar-refractivity contribution in [3.05, 3.63) is 34.9 Å². The van der Waals surface area contributed by atoms with Crippen LogP contribution in [0.15, 0.2) is 23.5 Å². The molecule has 156 valence electrons. The molecule has 1 aliphatic heterocycles. The molecule has 3 aromatic rings. The van der Waals surface area contributed by atoms with Gasteiger partial charge in [-0.15, -0.1) is 4.34 Å². The van der Waals surface area contributed by atoms with Gasteiger partial charge in [0.25, 0.3) is 11.4 Å². The van der Waals surface area contributed by atoms with Gasteiger partial charge in [0.1, 0.15) is 30.7 Å². The van der Waals surface area contributed by atoms with Crippen LogP contribution in [0.2, 0.25) is 0 Å². The number of nitrogens with zero attached hydrogens (tertiary/aromatic N) is 4. The third-order valence-electron chi connectivity index (χ3n) is 4.59. The molecule has 0 saturated carbocycles. The van der Waals surface area contributed by atoms with Crippen LogP contribution >= 0.6 is 7.75 Å². The van der Waals surface area contributed by atoms with Crippen molar-refractivity contribution in [3.8, 4) is 0 Å². The van der Waals surface area contributed by atoms with Crippen LogP contribution in [0.4, 0.5) is 5.95 Å². The molecule has 14 nitrogen and oxygen atoms in total. The minimum Gasteiger partial charge on any atom is -0.387 e. The molecule has 15 heteroatoms. The van der Waals surface area contributed by atoms with E-state index in [9.17, 15) is 24.5 Å². The monoisotopic (exact) mass is 428 g/mol. The van der Waals surface area contributed by atoms with E-state index in [-0.39, 0.29) is 17.1 Å². The van der Waals surface area contributed by atoms with Gasteiger partial charge in [-0.2, -0.15) is 4.98 Å². The Labute approximate surface area is 162 Å². The average Bonchev–Trinajstić information content (AvgIpc) is 3.33. The van der Waals surface area contributed by atoms with Crippen LogP contribution in [-0.2, 0) is 13.8 Å². The summed E-state index contributed by atoms with van der Waals surface area (Å²) in [4.78, 5) is 35.0. The Morgan fingerprint density at radius 3 is 2.90 bits per heavy atom. The van der Waals surface area contributed by atoms with Gasteiger partial charge in [0, 0.05) is 6.92 Å². The largest absolute Gasteiger partial charge is 0.525 e. The van der Waals surface area contributed by atoms with E-state index in [0.717, 1.165) is 4.34 Å². The van der Waals surface area contributed by atoms with Gasteiger partial charge in [-0.25, -0.2) is 14.5 Å². The lowest BCUT2D eigenvalue weighted by atomic mass is 10.1. The summed E-state index contributed by atoms with van der Waals surface area (Å²) < 4.78 is 25.4. The summed E-state index contributed by atoms with van der Waals surface area (Å²) in [5.74, 6) is 0.234. The van der Waals surface area contributed by atoms with E-state index in [0.29, 0.717) is 5.82 Å². The number of aromatic nitrogens is 6. The highest BCUT2D eigenvalue weighted by Crippen LogP contribution is 2.39. The molecule has 0 radical (unpaired) electrons. The van der Waals surface area contributed by atoms with E-state index in [1.807, 2.05) is 0 Å². The van der Waals surface area contributed by atoms with Crippen LogP contribution in [0.5, 0.6) is 0 Å². The summed E-state index contributed by atoms with van der Waals surface area (Å²) in [6.07, 6.45) is -1.16. The fraction of sp³-hybridized carbons (Fsp3) is 0.429. The number of H-pyrrole nitrogens is 2. The molecule has 1 aliphatic rings. The zero-order valence-electron chi connectivity index (χ0n) is 15.0. The smallest absolute Gasteiger partial charge is 0.387 e. The molecule has 7 N–H and O–H groups in total. The second-order valence-corrected chi connectivity index (χ2v) is 8.17. The van der Waals surface area contributed by atoms with Crippen molar-refractivity contribution in [1.82, 2.24) is 24.5 Å². The Morgan fingerprint density at radius 1 is 1.45 bits per heavy atom. The number of imidazole rings is 2. The number of aromatic amines is 2. The third-order valence-corrected chi connectivity index (χ3v) is 6.06. The van der Waals surface area contributed by atoms with E-state index in [1.54, 1.807) is 6.92 Å². The van der Waals surface area contributed by atoms with Gasteiger partial charge in [0.2, 0.25) is 5.95 Å². The number of hydrogen-bond donors (Lipinski definition) is 6. The number of anilines is 1. The zero-order valence-corrected chi connectivity index (χ0v) is 15.9. The van der Waals surface area contributed by atoms with Crippen molar-refractivity contribution >= 4 is 24.9 Å². The Bertz CT molecular complexity index is 1160. The first kappa shape index (κ1) is 19.7. The third kappa shape index (κ3) is 3.35. The van der Waals surface area contributed by atoms with Crippen molar-refractivity contribution in [2.24, 2.45) is 0 Å². The molecule has 0 spiro atoms. The molecular weight excluding hydrogens is 409 g/mol. The van der Waals surface area contributed by atoms with Crippen molar-refractivity contribution in [2.45, 2.75) is 31.5 Å². The Balaban J connectivity index is 1.55. The highest BCUT2D eigenvalue weighted by Gasteiger charge is 2.46. The van der Waals surface area contributed by atoms with Crippen LogP contribution in [0.25, 0.3) is 11.2 Å². The van der Waals surface area contributed by atoms with E-state index in [1.165, 1.54) is 23.3 Å². The van der Waals surface area contributed by atoms with E-state index in [2.05, 4.69) is 19.9 Å². The summed E-state index contributed by atoms with van der Waals surface area (Å²) in [6, 6.07) is 0. The molecule has 1 saturated heterocycles. The summed E-state index contributed by atoms with van der Waals surface area (Å²) in [5, 5.41) is 20.7. The van der Waals surface area contributed by atoms with Crippen LogP contribution < -0.4 is 15.6 Å². The normalized spacial score (nSPS) is 26.8. The summed E-state index contributed by atoms with van der Waals surface area (Å²) >= 11 is 0. The number of ether oxygens (including phenoxy) is 1. The standard InChI is InChI=1S/C14H18N7O7P/c1-6-16-2-3-21(6)29(25,26)27-4-7-9(22)10(23)13(28-7)20-5-17-8-11(20)18-14(15)19-12(8)24/h2-3,5,7,9-10,13,22-23H,4H2,1H3,(H4,15,18,19,24,25,26)/p+1/t7-,9-,10-,13-/m1/s1. The van der Waals surface area contributed by atoms with Gasteiger partial charge in [-0.3, -0.25) is 23.8 Å². The maximum Gasteiger partial charge on any atom is 0.525 e. The number of aliphatic hydroxyl groups is 2. The van der Waals surface area contributed by atoms with Crippen LogP contribution in [-0.4, -0.2) is 64.5 Å². The van der Waals surface area contributed by atoms with E-state index in [4.69, 9.17) is 15.0 Å². The molecule has 4 rings (SSSR count). The first-order valence-corrected chi connectivity index (χ1v) is 10.00. The maximum absolute atomic E-state index is 12.4. The first-order chi connectivity index (χ1) is 13.7. The molecule has 29 heavy (non-hydrogen) atoms. The van der Waals surface area contributed by atoms with Crippen molar-refractivity contribution < 1.29 is 33.3 Å². The highest BCUT2D eigenvalue weighted by molar-refractivity contribution is 7.45. The number of nitrogens with one attached hydrogen (secondary N) is 2. The lowest BCUT2D eigenvalue weighted by Crippen LogP contribution is -2.37. The molecule has 1 fully saturated rings. The SMILES string of the molecule is Cc1[nH]cc[n+]1P(=O)(O)OC[C@H]1O[C@@H](n2cnc3c(=O)[nH]c(N)nc32)[C@H](O)[C@@H]1O. The minimum atomic E-state index is -4.25. The number of fused-ring (bicyclic) bond motifs is 1. The fourth-order valence-electron chi connectivity index (χ4n) is 3.14. The number of nitrogens with two attached hydrogens (primary N) is 1. The molecule has 0 aromatic carbocycles. The molecule has 5 atom stereocenters. The molecule has 0 amide bonds. The van der Waals surface area contributed by atoms with Gasteiger partial charge >= 0.3 is 7.75 Å². The lowest BCUT2D eigenvalue weighted by Gasteiger charge is -2.16. The zero-order chi connectivity index (χ0) is 20.9. The predicted molar refractivity (Wildman–Crippen MR) is 95.4 cm³/mol. The van der Waals surface area contributed by atoms with Crippen LogP contribution in [0.3, 0.4) is 0 Å². The number of hydrogen-bond acceptors (Lipinski definition) is 9. The lowest BCUT2D eigenvalue weighted by molar-refractivity contribution is -0.546. The Morgan fingerprint density at radius 2 is 2.21 bits per heavy atom. The molecular formula is C14H19N7O7P+. The summed E-state index contributed by atoms with van der Waals surface area (Å²) in [5.41, 5.74) is 5.01. The van der Waals surface area contributed by atoms with Gasteiger partial charge in [-0.05, 0) is 0 Å². The van der Waals surface area contributed by atoms with E-state index >= 15 is 0 Å². The number of aryl methyl sites for hydroxylation is 1. The topological polar surface area (TPSA) is 205 Å². The Kier molecular flexibility index (Phi) is 4.77. The maximum atomic E-state index is 12.4. The molecule has 0 aliphatic carbocycles. The predicted octanol–water partition coefficient (Wildman–Crippen LogP) is -2.09. The number of nitrogen functional groups attached to an aromatic ring is 1. The first-order valence-electron chi connectivity index (χ1n) is 8.47. The van der Waals surface area contributed by atoms with Crippen molar-refractivity contribution in [3.63, 3.8) is 0 Å². The minimum absolute atomic E-state index is 0.0246. The fourth-order valence-corrected chi connectivity index (χ4v) is 4.28. The second-order valence-electron chi connectivity index (χ2n) is 6.50. The van der Waals surface area contributed by atoms with Gasteiger partial charge in [0.15, 0.2) is 17.4 Å². The van der Waals surface area contributed by atoms with Crippen LogP contribution in [0, 0.1) is 6.92 Å². The number of aliphatic hydroxyl groups excluding tert-OH is 2. The van der Waals surface area contributed by atoms with Crippen molar-refractivity contribution in [1.29, 1.82) is 0 Å². The highest BCUT2D eigenvalue weighted by atomic mass is 31.2. The number of rotatable bonds is 5. The average molecular weight is 428 g/mol. The van der Waals surface area contributed by atoms with Crippen LogP contribution in [0.1, 0.15) is 12.1 Å². The summed E-state index contributed by atoms with van der Waals surface area (Å²) in [6.45, 7) is 1.10. The van der Waals surface area contributed by atoms with Gasteiger partial charge < -0.3 is 20.7 Å². The molecule has 4 heterocycles. The van der Waals surface area contributed by atoms with E-state index < -0.39 is 44.5 Å². The molecule has 0 bridgehead atoms. The molecule has 3 aromatic heterocycles. The second kappa shape index (κ2) is 7.02. The van der Waals surface area contributed by atoms with Gasteiger partial charge in [0.05, 0.1) is 12.9 Å². The molecule has 1 unspecified atom stereocenters. The van der Waals surface area contributed by atoms with Crippen molar-refractivity contribution in [2.75, 3.05) is 12.3 Å². The van der Waals surface area contributed by atoms with Gasteiger partial charge in [-0.1, -0.05) is 0 Å². The summed E-state index contributed by atoms with van der Waals surface area (Å²) in [7, 11) is -4.25.